The fourth-order valence-corrected chi connectivity index (χ4v) is 3.12. The SMILES string of the molecule is O=C(NC1Cc2ccccc2C1)c1ccc2cc[nH]c2c1. The highest BCUT2D eigenvalue weighted by atomic mass is 16.1. The molecule has 3 aromatic rings. The van der Waals surface area contributed by atoms with Gasteiger partial charge in [0.1, 0.15) is 0 Å². The van der Waals surface area contributed by atoms with Crippen molar-refractivity contribution in [2.45, 2.75) is 18.9 Å². The molecule has 0 aliphatic heterocycles. The van der Waals surface area contributed by atoms with Crippen LogP contribution in [0.15, 0.2) is 54.7 Å². The average molecular weight is 276 g/mol. The van der Waals surface area contributed by atoms with Crippen LogP contribution in [-0.2, 0) is 12.8 Å². The first kappa shape index (κ1) is 12.2. The van der Waals surface area contributed by atoms with Gasteiger partial charge in [-0.15, -0.1) is 0 Å². The van der Waals surface area contributed by atoms with E-state index < -0.39 is 0 Å². The molecule has 1 amide bonds. The van der Waals surface area contributed by atoms with Crippen molar-refractivity contribution in [3.05, 3.63) is 71.4 Å². The summed E-state index contributed by atoms with van der Waals surface area (Å²) in [5.74, 6) is 0.00399. The van der Waals surface area contributed by atoms with Crippen molar-refractivity contribution >= 4 is 16.8 Å². The van der Waals surface area contributed by atoms with Crippen LogP contribution in [0.5, 0.6) is 0 Å². The van der Waals surface area contributed by atoms with E-state index in [9.17, 15) is 4.79 Å². The Hall–Kier alpha value is -2.55. The summed E-state index contributed by atoms with van der Waals surface area (Å²) < 4.78 is 0. The second kappa shape index (κ2) is 4.77. The molecule has 3 heteroatoms. The summed E-state index contributed by atoms with van der Waals surface area (Å²) in [5, 5.41) is 4.27. The van der Waals surface area contributed by atoms with Gasteiger partial charge in [0, 0.05) is 23.3 Å². The van der Waals surface area contributed by atoms with Crippen LogP contribution in [0.25, 0.3) is 10.9 Å². The molecule has 0 bridgehead atoms. The number of rotatable bonds is 2. The molecular formula is C18H16N2O. The minimum absolute atomic E-state index is 0.00399. The Kier molecular flexibility index (Phi) is 2.78. The minimum Gasteiger partial charge on any atom is -0.361 e. The average Bonchev–Trinajstić information content (AvgIpc) is 3.11. The summed E-state index contributed by atoms with van der Waals surface area (Å²) in [7, 11) is 0. The van der Waals surface area contributed by atoms with E-state index in [0.717, 1.165) is 23.7 Å². The molecule has 104 valence electrons. The molecule has 0 saturated carbocycles. The maximum atomic E-state index is 12.4. The fourth-order valence-electron chi connectivity index (χ4n) is 3.12. The summed E-state index contributed by atoms with van der Waals surface area (Å²) in [6, 6.07) is 16.4. The van der Waals surface area contributed by atoms with Crippen molar-refractivity contribution in [1.29, 1.82) is 0 Å². The summed E-state index contributed by atoms with van der Waals surface area (Å²) in [5.41, 5.74) is 4.41. The maximum absolute atomic E-state index is 12.4. The van der Waals surface area contributed by atoms with E-state index in [1.165, 1.54) is 11.1 Å². The lowest BCUT2D eigenvalue weighted by Crippen LogP contribution is -2.35. The molecule has 1 aliphatic carbocycles. The quantitative estimate of drug-likeness (QED) is 0.742. The summed E-state index contributed by atoms with van der Waals surface area (Å²) in [6.45, 7) is 0. The lowest BCUT2D eigenvalue weighted by Gasteiger charge is -2.12. The molecule has 2 N–H and O–H groups in total. The molecule has 1 aromatic heterocycles. The molecule has 21 heavy (non-hydrogen) atoms. The molecule has 0 radical (unpaired) electrons. The zero-order chi connectivity index (χ0) is 14.2. The number of carbonyl (C=O) groups excluding carboxylic acids is 1. The topological polar surface area (TPSA) is 44.9 Å². The number of aromatic nitrogens is 1. The van der Waals surface area contributed by atoms with Gasteiger partial charge in [0.15, 0.2) is 0 Å². The Morgan fingerprint density at radius 1 is 1.05 bits per heavy atom. The highest BCUT2D eigenvalue weighted by Gasteiger charge is 2.22. The molecule has 2 aromatic carbocycles. The van der Waals surface area contributed by atoms with E-state index in [2.05, 4.69) is 34.6 Å². The van der Waals surface area contributed by atoms with Gasteiger partial charge in [0.05, 0.1) is 0 Å². The predicted molar refractivity (Wildman–Crippen MR) is 83.4 cm³/mol. The fraction of sp³-hybridized carbons (Fsp3) is 0.167. The Balaban J connectivity index is 1.51. The zero-order valence-corrected chi connectivity index (χ0v) is 11.6. The Labute approximate surface area is 123 Å². The molecule has 3 nitrogen and oxygen atoms in total. The smallest absolute Gasteiger partial charge is 0.251 e. The van der Waals surface area contributed by atoms with Crippen molar-refractivity contribution < 1.29 is 4.79 Å². The predicted octanol–water partition coefficient (Wildman–Crippen LogP) is 3.07. The summed E-state index contributed by atoms with van der Waals surface area (Å²) in [6.07, 6.45) is 3.74. The number of aromatic amines is 1. The third-order valence-electron chi connectivity index (χ3n) is 4.20. The molecule has 4 rings (SSSR count). The van der Waals surface area contributed by atoms with Crippen molar-refractivity contribution in [3.8, 4) is 0 Å². The Bertz CT molecular complexity index is 794. The van der Waals surface area contributed by atoms with Gasteiger partial charge in [-0.25, -0.2) is 0 Å². The lowest BCUT2D eigenvalue weighted by molar-refractivity contribution is 0.0938. The largest absolute Gasteiger partial charge is 0.361 e. The van der Waals surface area contributed by atoms with Crippen molar-refractivity contribution in [2.24, 2.45) is 0 Å². The van der Waals surface area contributed by atoms with Gasteiger partial charge in [-0.2, -0.15) is 0 Å². The van der Waals surface area contributed by atoms with E-state index in [1.54, 1.807) is 0 Å². The first-order valence-corrected chi connectivity index (χ1v) is 7.24. The van der Waals surface area contributed by atoms with Crippen LogP contribution in [-0.4, -0.2) is 16.9 Å². The van der Waals surface area contributed by atoms with Crippen LogP contribution < -0.4 is 5.32 Å². The molecular weight excluding hydrogens is 260 g/mol. The standard InChI is InChI=1S/C18H16N2O/c21-18(15-6-5-12-7-8-19-17(12)11-15)20-16-9-13-3-1-2-4-14(13)10-16/h1-8,11,16,19H,9-10H2,(H,20,21). The zero-order valence-electron chi connectivity index (χ0n) is 11.6. The highest BCUT2D eigenvalue weighted by Crippen LogP contribution is 2.22. The van der Waals surface area contributed by atoms with Crippen LogP contribution in [0.4, 0.5) is 0 Å². The molecule has 1 aliphatic rings. The molecule has 0 fully saturated rings. The normalized spacial score (nSPS) is 14.3. The number of H-pyrrole nitrogens is 1. The van der Waals surface area contributed by atoms with Gasteiger partial charge in [0.25, 0.3) is 5.91 Å². The van der Waals surface area contributed by atoms with Gasteiger partial charge >= 0.3 is 0 Å². The third-order valence-corrected chi connectivity index (χ3v) is 4.20. The van der Waals surface area contributed by atoms with E-state index in [0.29, 0.717) is 5.56 Å². The molecule has 0 spiro atoms. The molecule has 0 atom stereocenters. The van der Waals surface area contributed by atoms with Gasteiger partial charge in [-0.3, -0.25) is 4.79 Å². The highest BCUT2D eigenvalue weighted by molar-refractivity contribution is 5.98. The number of benzene rings is 2. The second-order valence-corrected chi connectivity index (χ2v) is 5.63. The number of hydrogen-bond donors (Lipinski definition) is 2. The van der Waals surface area contributed by atoms with Crippen molar-refractivity contribution in [2.75, 3.05) is 0 Å². The van der Waals surface area contributed by atoms with Gasteiger partial charge in [-0.1, -0.05) is 30.3 Å². The molecule has 0 saturated heterocycles. The van der Waals surface area contributed by atoms with Crippen LogP contribution in [0.1, 0.15) is 21.5 Å². The van der Waals surface area contributed by atoms with Crippen LogP contribution in [0, 0.1) is 0 Å². The number of fused-ring (bicyclic) bond motifs is 2. The van der Waals surface area contributed by atoms with E-state index in [1.807, 2.05) is 30.5 Å². The lowest BCUT2D eigenvalue weighted by atomic mass is 10.1. The van der Waals surface area contributed by atoms with Crippen LogP contribution >= 0.6 is 0 Å². The van der Waals surface area contributed by atoms with E-state index in [4.69, 9.17) is 0 Å². The van der Waals surface area contributed by atoms with E-state index >= 15 is 0 Å². The first-order chi connectivity index (χ1) is 10.3. The molecule has 1 heterocycles. The monoisotopic (exact) mass is 276 g/mol. The number of amides is 1. The number of hydrogen-bond acceptors (Lipinski definition) is 1. The van der Waals surface area contributed by atoms with Crippen LogP contribution in [0.2, 0.25) is 0 Å². The second-order valence-electron chi connectivity index (χ2n) is 5.63. The number of carbonyl (C=O) groups is 1. The third kappa shape index (κ3) is 2.21. The summed E-state index contributed by atoms with van der Waals surface area (Å²) in [4.78, 5) is 15.5. The van der Waals surface area contributed by atoms with Gasteiger partial charge in [-0.05, 0) is 47.6 Å². The van der Waals surface area contributed by atoms with Crippen LogP contribution in [0.3, 0.4) is 0 Å². The first-order valence-electron chi connectivity index (χ1n) is 7.24. The van der Waals surface area contributed by atoms with Gasteiger partial charge < -0.3 is 10.3 Å². The Morgan fingerprint density at radius 2 is 1.81 bits per heavy atom. The van der Waals surface area contributed by atoms with Gasteiger partial charge in [0.2, 0.25) is 0 Å². The summed E-state index contributed by atoms with van der Waals surface area (Å²) >= 11 is 0. The van der Waals surface area contributed by atoms with Crippen molar-refractivity contribution in [1.82, 2.24) is 10.3 Å². The van der Waals surface area contributed by atoms with Crippen molar-refractivity contribution in [3.63, 3.8) is 0 Å². The minimum atomic E-state index is 0.00399. The molecule has 0 unspecified atom stereocenters. The maximum Gasteiger partial charge on any atom is 0.251 e. The van der Waals surface area contributed by atoms with E-state index in [-0.39, 0.29) is 11.9 Å². The Morgan fingerprint density at radius 3 is 2.57 bits per heavy atom. The number of nitrogens with one attached hydrogen (secondary N) is 2.